The Morgan fingerprint density at radius 2 is 1.81 bits per heavy atom. The Kier molecular flexibility index (Phi) is 4.22. The average Bonchev–Trinajstić information content (AvgIpc) is 3.03. The highest BCUT2D eigenvalue weighted by molar-refractivity contribution is 7.08. The number of thiophene rings is 1. The number of carboxylic acid groups (broad SMARTS) is 1. The molecule has 1 atom stereocenters. The van der Waals surface area contributed by atoms with Gasteiger partial charge in [0.1, 0.15) is 6.04 Å². The zero-order chi connectivity index (χ0) is 14.7. The van der Waals surface area contributed by atoms with E-state index >= 15 is 0 Å². The quantitative estimate of drug-likeness (QED) is 0.943. The van der Waals surface area contributed by atoms with Crippen LogP contribution in [0.5, 0.6) is 0 Å². The number of carboxylic acids is 1. The molecule has 0 spiro atoms. The van der Waals surface area contributed by atoms with Crippen molar-refractivity contribution in [2.24, 2.45) is 0 Å². The van der Waals surface area contributed by atoms with Crippen molar-refractivity contribution >= 4 is 23.0 Å². The highest BCUT2D eigenvalue weighted by atomic mass is 32.1. The lowest BCUT2D eigenvalue weighted by molar-refractivity contribution is -0.143. The molecule has 21 heavy (non-hydrogen) atoms. The Balaban J connectivity index is 1.68. The van der Waals surface area contributed by atoms with Gasteiger partial charge in [0.25, 0.3) is 0 Å². The number of hydrogen-bond acceptors (Lipinski definition) is 4. The van der Waals surface area contributed by atoms with Gasteiger partial charge in [-0.3, -0.25) is 9.69 Å². The fourth-order valence-corrected chi connectivity index (χ4v) is 3.50. The first kappa shape index (κ1) is 14.1. The molecule has 0 aliphatic carbocycles. The van der Waals surface area contributed by atoms with Gasteiger partial charge in [-0.2, -0.15) is 11.3 Å². The van der Waals surface area contributed by atoms with Crippen molar-refractivity contribution in [3.63, 3.8) is 0 Å². The van der Waals surface area contributed by atoms with Crippen molar-refractivity contribution in [3.8, 4) is 0 Å². The van der Waals surface area contributed by atoms with E-state index in [1.807, 2.05) is 35.0 Å². The molecule has 1 aromatic carbocycles. The van der Waals surface area contributed by atoms with Crippen LogP contribution in [0.3, 0.4) is 0 Å². The molecule has 0 unspecified atom stereocenters. The normalized spacial score (nSPS) is 17.6. The predicted molar refractivity (Wildman–Crippen MR) is 84.9 cm³/mol. The maximum Gasteiger partial charge on any atom is 0.325 e. The molecule has 2 heterocycles. The van der Waals surface area contributed by atoms with Crippen LogP contribution in [0.4, 0.5) is 5.69 Å². The van der Waals surface area contributed by atoms with Crippen molar-refractivity contribution in [2.45, 2.75) is 6.04 Å². The lowest BCUT2D eigenvalue weighted by atomic mass is 10.1. The van der Waals surface area contributed by atoms with E-state index in [-0.39, 0.29) is 0 Å². The predicted octanol–water partition coefficient (Wildman–Crippen LogP) is 2.70. The third-order valence-corrected chi connectivity index (χ3v) is 4.60. The summed E-state index contributed by atoms with van der Waals surface area (Å²) in [7, 11) is 0. The second-order valence-electron chi connectivity index (χ2n) is 5.16. The van der Waals surface area contributed by atoms with Gasteiger partial charge in [0.2, 0.25) is 0 Å². The van der Waals surface area contributed by atoms with Gasteiger partial charge in [-0.05, 0) is 34.5 Å². The van der Waals surface area contributed by atoms with Crippen molar-refractivity contribution in [3.05, 3.63) is 52.7 Å². The minimum absolute atomic E-state index is 0.519. The molecular formula is C16H18N2O2S. The van der Waals surface area contributed by atoms with E-state index in [1.165, 1.54) is 5.69 Å². The number of aliphatic carboxylic acids is 1. The van der Waals surface area contributed by atoms with Gasteiger partial charge in [0.15, 0.2) is 0 Å². The molecule has 1 saturated heterocycles. The van der Waals surface area contributed by atoms with E-state index in [4.69, 9.17) is 0 Å². The number of para-hydroxylation sites is 1. The SMILES string of the molecule is O=C(O)[C@H](c1ccsc1)N1CCN(c2ccccc2)CC1. The van der Waals surface area contributed by atoms with Crippen molar-refractivity contribution in [1.82, 2.24) is 4.90 Å². The minimum atomic E-state index is -0.762. The molecule has 0 amide bonds. The van der Waals surface area contributed by atoms with E-state index in [9.17, 15) is 9.90 Å². The van der Waals surface area contributed by atoms with Gasteiger partial charge in [-0.25, -0.2) is 0 Å². The number of carbonyl (C=O) groups is 1. The summed E-state index contributed by atoms with van der Waals surface area (Å²) in [5.74, 6) is -0.762. The topological polar surface area (TPSA) is 43.8 Å². The Bertz CT molecular complexity index is 578. The Labute approximate surface area is 128 Å². The summed E-state index contributed by atoms with van der Waals surface area (Å²) >= 11 is 1.55. The average molecular weight is 302 g/mol. The van der Waals surface area contributed by atoms with Crippen LogP contribution in [0.1, 0.15) is 11.6 Å². The third kappa shape index (κ3) is 3.09. The molecule has 2 aromatic rings. The number of benzene rings is 1. The monoisotopic (exact) mass is 302 g/mol. The van der Waals surface area contributed by atoms with Crippen LogP contribution < -0.4 is 4.90 Å². The highest BCUT2D eigenvalue weighted by Gasteiger charge is 2.30. The summed E-state index contributed by atoms with van der Waals surface area (Å²) < 4.78 is 0. The van der Waals surface area contributed by atoms with E-state index in [0.29, 0.717) is 0 Å². The lowest BCUT2D eigenvalue weighted by Crippen LogP contribution is -2.49. The third-order valence-electron chi connectivity index (χ3n) is 3.89. The lowest BCUT2D eigenvalue weighted by Gasteiger charge is -2.38. The smallest absolute Gasteiger partial charge is 0.325 e. The van der Waals surface area contributed by atoms with E-state index in [1.54, 1.807) is 11.3 Å². The second-order valence-corrected chi connectivity index (χ2v) is 5.94. The minimum Gasteiger partial charge on any atom is -0.480 e. The number of rotatable bonds is 4. The number of nitrogens with zero attached hydrogens (tertiary/aromatic N) is 2. The van der Waals surface area contributed by atoms with E-state index in [2.05, 4.69) is 21.9 Å². The van der Waals surface area contributed by atoms with Gasteiger partial charge in [0.05, 0.1) is 0 Å². The van der Waals surface area contributed by atoms with Crippen LogP contribution >= 0.6 is 11.3 Å². The van der Waals surface area contributed by atoms with Crippen molar-refractivity contribution < 1.29 is 9.90 Å². The van der Waals surface area contributed by atoms with Crippen LogP contribution in [-0.2, 0) is 4.79 Å². The number of hydrogen-bond donors (Lipinski definition) is 1. The molecule has 1 aromatic heterocycles. The fourth-order valence-electron chi connectivity index (χ4n) is 2.82. The molecule has 1 fully saturated rings. The molecule has 5 heteroatoms. The maximum atomic E-state index is 11.6. The first-order chi connectivity index (χ1) is 10.3. The fraction of sp³-hybridized carbons (Fsp3) is 0.312. The summed E-state index contributed by atoms with van der Waals surface area (Å²) in [6, 6.07) is 11.7. The molecule has 1 N–H and O–H groups in total. The standard InChI is InChI=1S/C16H18N2O2S/c19-16(20)15(13-6-11-21-12-13)18-9-7-17(8-10-18)14-4-2-1-3-5-14/h1-6,11-12,15H,7-10H2,(H,19,20)/t15-/m0/s1. The Morgan fingerprint density at radius 1 is 1.10 bits per heavy atom. The van der Waals surface area contributed by atoms with Gasteiger partial charge < -0.3 is 10.0 Å². The van der Waals surface area contributed by atoms with E-state index < -0.39 is 12.0 Å². The van der Waals surface area contributed by atoms with Gasteiger partial charge in [0, 0.05) is 31.9 Å². The zero-order valence-electron chi connectivity index (χ0n) is 11.7. The first-order valence-electron chi connectivity index (χ1n) is 7.04. The molecule has 0 saturated carbocycles. The molecule has 1 aliphatic heterocycles. The molecule has 0 radical (unpaired) electrons. The summed E-state index contributed by atoms with van der Waals surface area (Å²) in [6.07, 6.45) is 0. The van der Waals surface area contributed by atoms with Crippen LogP contribution in [0.15, 0.2) is 47.2 Å². The van der Waals surface area contributed by atoms with Crippen molar-refractivity contribution in [1.29, 1.82) is 0 Å². The Morgan fingerprint density at radius 3 is 2.38 bits per heavy atom. The highest BCUT2D eigenvalue weighted by Crippen LogP contribution is 2.26. The molecule has 0 bridgehead atoms. The molecule has 1 aliphatic rings. The summed E-state index contributed by atoms with van der Waals surface area (Å²) in [6.45, 7) is 3.25. The van der Waals surface area contributed by atoms with Crippen LogP contribution in [0, 0.1) is 0 Å². The number of anilines is 1. The maximum absolute atomic E-state index is 11.6. The van der Waals surface area contributed by atoms with Crippen molar-refractivity contribution in [2.75, 3.05) is 31.1 Å². The van der Waals surface area contributed by atoms with Gasteiger partial charge >= 0.3 is 5.97 Å². The van der Waals surface area contributed by atoms with Gasteiger partial charge in [-0.1, -0.05) is 18.2 Å². The zero-order valence-corrected chi connectivity index (χ0v) is 12.5. The largest absolute Gasteiger partial charge is 0.480 e. The molecular weight excluding hydrogens is 284 g/mol. The van der Waals surface area contributed by atoms with Crippen LogP contribution in [-0.4, -0.2) is 42.2 Å². The number of piperazine rings is 1. The second kappa shape index (κ2) is 6.28. The molecule has 3 rings (SSSR count). The van der Waals surface area contributed by atoms with Gasteiger partial charge in [-0.15, -0.1) is 0 Å². The summed E-state index contributed by atoms with van der Waals surface area (Å²) in [5.41, 5.74) is 2.10. The van der Waals surface area contributed by atoms with Crippen LogP contribution in [0.25, 0.3) is 0 Å². The van der Waals surface area contributed by atoms with E-state index in [0.717, 1.165) is 31.7 Å². The summed E-state index contributed by atoms with van der Waals surface area (Å²) in [4.78, 5) is 16.0. The molecule has 110 valence electrons. The Hall–Kier alpha value is -1.85. The van der Waals surface area contributed by atoms with Crippen LogP contribution in [0.2, 0.25) is 0 Å². The summed E-state index contributed by atoms with van der Waals surface area (Å²) in [5, 5.41) is 13.4. The first-order valence-corrected chi connectivity index (χ1v) is 7.99. The molecule has 4 nitrogen and oxygen atoms in total.